The molecule has 1 rings (SSSR count). The van der Waals surface area contributed by atoms with Crippen LogP contribution >= 0.6 is 0 Å². The number of nitrogens with two attached hydrogens (primary N) is 1. The monoisotopic (exact) mass is 249 g/mol. The second-order valence-corrected chi connectivity index (χ2v) is 5.51. The van der Waals surface area contributed by atoms with Crippen molar-refractivity contribution in [3.8, 4) is 5.75 Å². The molecule has 0 radical (unpaired) electrons. The fourth-order valence-corrected chi connectivity index (χ4v) is 2.06. The Labute approximate surface area is 112 Å². The molecule has 0 aliphatic heterocycles. The fraction of sp³-hybridized carbons (Fsp3) is 0.625. The lowest BCUT2D eigenvalue weighted by atomic mass is 9.81. The van der Waals surface area contributed by atoms with Gasteiger partial charge in [0, 0.05) is 0 Å². The van der Waals surface area contributed by atoms with Crippen LogP contribution in [0.2, 0.25) is 0 Å². The number of rotatable bonds is 7. The van der Waals surface area contributed by atoms with Gasteiger partial charge >= 0.3 is 0 Å². The summed E-state index contributed by atoms with van der Waals surface area (Å²) in [6.07, 6.45) is 4.39. The molecule has 0 saturated heterocycles. The lowest BCUT2D eigenvalue weighted by Crippen LogP contribution is -2.15. The molecule has 0 saturated carbocycles. The van der Waals surface area contributed by atoms with Crippen molar-refractivity contribution in [2.24, 2.45) is 5.73 Å². The summed E-state index contributed by atoms with van der Waals surface area (Å²) in [6, 6.07) is 6.60. The van der Waals surface area contributed by atoms with Gasteiger partial charge in [0.15, 0.2) is 0 Å². The van der Waals surface area contributed by atoms with Crippen molar-refractivity contribution in [1.29, 1.82) is 0 Å². The van der Waals surface area contributed by atoms with E-state index >= 15 is 0 Å². The van der Waals surface area contributed by atoms with Gasteiger partial charge in [-0.2, -0.15) is 0 Å². The first-order valence-electron chi connectivity index (χ1n) is 6.92. The van der Waals surface area contributed by atoms with E-state index in [1.807, 2.05) is 0 Å². The summed E-state index contributed by atoms with van der Waals surface area (Å²) in [7, 11) is 1.74. The Morgan fingerprint density at radius 2 is 1.94 bits per heavy atom. The predicted molar refractivity (Wildman–Crippen MR) is 78.3 cm³/mol. The average molecular weight is 249 g/mol. The van der Waals surface area contributed by atoms with Crippen molar-refractivity contribution in [3.63, 3.8) is 0 Å². The van der Waals surface area contributed by atoms with Crippen LogP contribution in [0.1, 0.15) is 51.2 Å². The third-order valence-electron chi connectivity index (χ3n) is 3.85. The van der Waals surface area contributed by atoms with E-state index in [9.17, 15) is 0 Å². The zero-order valence-corrected chi connectivity index (χ0v) is 12.3. The second kappa shape index (κ2) is 6.79. The Bertz CT molecular complexity index is 371. The van der Waals surface area contributed by atoms with Crippen molar-refractivity contribution in [3.05, 3.63) is 29.3 Å². The number of hydrogen-bond acceptors (Lipinski definition) is 2. The smallest absolute Gasteiger partial charge is 0.122 e. The summed E-state index contributed by atoms with van der Waals surface area (Å²) < 4.78 is 5.45. The van der Waals surface area contributed by atoms with E-state index in [1.54, 1.807) is 7.11 Å². The Kier molecular flexibility index (Phi) is 5.67. The molecule has 2 heteroatoms. The van der Waals surface area contributed by atoms with Gasteiger partial charge in [-0.1, -0.05) is 32.9 Å². The first kappa shape index (κ1) is 15.0. The van der Waals surface area contributed by atoms with Gasteiger partial charge in [0.25, 0.3) is 0 Å². The molecule has 0 amide bonds. The van der Waals surface area contributed by atoms with Crippen LogP contribution in [0.25, 0.3) is 0 Å². The molecule has 1 aromatic rings. The molecule has 0 aliphatic carbocycles. The van der Waals surface area contributed by atoms with Gasteiger partial charge in [-0.05, 0) is 54.8 Å². The zero-order valence-electron chi connectivity index (χ0n) is 12.3. The highest BCUT2D eigenvalue weighted by Gasteiger charge is 2.19. The topological polar surface area (TPSA) is 35.2 Å². The van der Waals surface area contributed by atoms with Crippen LogP contribution in [0, 0.1) is 0 Å². The molecule has 0 unspecified atom stereocenters. The maximum Gasteiger partial charge on any atom is 0.122 e. The Morgan fingerprint density at radius 1 is 1.22 bits per heavy atom. The van der Waals surface area contributed by atoms with Crippen molar-refractivity contribution in [1.82, 2.24) is 0 Å². The molecule has 0 atom stereocenters. The molecular weight excluding hydrogens is 222 g/mol. The summed E-state index contributed by atoms with van der Waals surface area (Å²) >= 11 is 0. The molecule has 0 fully saturated rings. The van der Waals surface area contributed by atoms with Crippen LogP contribution in [0.5, 0.6) is 5.75 Å². The quantitative estimate of drug-likeness (QED) is 0.748. The first-order chi connectivity index (χ1) is 8.55. The molecule has 1 aromatic carbocycles. The number of benzene rings is 1. The number of methoxy groups -OCH3 is 1. The van der Waals surface area contributed by atoms with E-state index < -0.39 is 0 Å². The van der Waals surface area contributed by atoms with Gasteiger partial charge in [0.05, 0.1) is 7.11 Å². The van der Waals surface area contributed by atoms with Crippen molar-refractivity contribution in [2.75, 3.05) is 13.7 Å². The zero-order chi connectivity index (χ0) is 13.6. The normalized spacial score (nSPS) is 11.6. The maximum atomic E-state index is 5.55. The maximum absolute atomic E-state index is 5.55. The minimum Gasteiger partial charge on any atom is -0.496 e. The third-order valence-corrected chi connectivity index (χ3v) is 3.85. The largest absolute Gasteiger partial charge is 0.496 e. The van der Waals surface area contributed by atoms with Gasteiger partial charge in [-0.15, -0.1) is 0 Å². The number of unbranched alkanes of at least 4 members (excludes halogenated alkanes) is 1. The van der Waals surface area contributed by atoms with Crippen molar-refractivity contribution >= 4 is 0 Å². The summed E-state index contributed by atoms with van der Waals surface area (Å²) in [6.45, 7) is 7.58. The number of aryl methyl sites for hydroxylation is 1. The lowest BCUT2D eigenvalue weighted by molar-refractivity contribution is 0.407. The van der Waals surface area contributed by atoms with Crippen LogP contribution in [0.4, 0.5) is 0 Å². The number of ether oxygens (including phenoxy) is 1. The minimum absolute atomic E-state index is 0.231. The number of hydrogen-bond donors (Lipinski definition) is 1. The Hall–Kier alpha value is -1.02. The molecule has 0 aliphatic rings. The van der Waals surface area contributed by atoms with Gasteiger partial charge in [-0.3, -0.25) is 0 Å². The first-order valence-corrected chi connectivity index (χ1v) is 6.92. The predicted octanol–water partition coefficient (Wildman–Crippen LogP) is 3.66. The average Bonchev–Trinajstić information content (AvgIpc) is 2.39. The Morgan fingerprint density at radius 3 is 2.50 bits per heavy atom. The van der Waals surface area contributed by atoms with E-state index in [0.29, 0.717) is 0 Å². The summed E-state index contributed by atoms with van der Waals surface area (Å²) in [5.41, 5.74) is 8.49. The van der Waals surface area contributed by atoms with E-state index in [2.05, 4.69) is 39.0 Å². The molecule has 0 aromatic heterocycles. The fourth-order valence-electron chi connectivity index (χ4n) is 2.06. The van der Waals surface area contributed by atoms with Crippen LogP contribution in [0.3, 0.4) is 0 Å². The highest BCUT2D eigenvalue weighted by atomic mass is 16.5. The molecule has 0 spiro atoms. The minimum atomic E-state index is 0.231. The van der Waals surface area contributed by atoms with E-state index in [-0.39, 0.29) is 5.41 Å². The molecule has 2 N–H and O–H groups in total. The van der Waals surface area contributed by atoms with Crippen LogP contribution in [-0.2, 0) is 11.8 Å². The van der Waals surface area contributed by atoms with Crippen LogP contribution in [-0.4, -0.2) is 13.7 Å². The molecule has 0 bridgehead atoms. The highest BCUT2D eigenvalue weighted by Crippen LogP contribution is 2.31. The van der Waals surface area contributed by atoms with Crippen molar-refractivity contribution in [2.45, 2.75) is 51.9 Å². The highest BCUT2D eigenvalue weighted by molar-refractivity contribution is 5.40. The van der Waals surface area contributed by atoms with Crippen molar-refractivity contribution < 1.29 is 4.74 Å². The third kappa shape index (κ3) is 3.74. The van der Waals surface area contributed by atoms with E-state index in [1.165, 1.54) is 11.1 Å². The lowest BCUT2D eigenvalue weighted by Gasteiger charge is -2.24. The van der Waals surface area contributed by atoms with E-state index in [0.717, 1.165) is 38.0 Å². The second-order valence-electron chi connectivity index (χ2n) is 5.51. The molecule has 18 heavy (non-hydrogen) atoms. The van der Waals surface area contributed by atoms with Gasteiger partial charge in [-0.25, -0.2) is 0 Å². The standard InChI is InChI=1S/C16H27NO/c1-5-16(2,3)14-9-10-15(18-4)13(12-14)8-6-7-11-17/h9-10,12H,5-8,11,17H2,1-4H3. The van der Waals surface area contributed by atoms with Crippen LogP contribution in [0.15, 0.2) is 18.2 Å². The van der Waals surface area contributed by atoms with Gasteiger partial charge in [0.2, 0.25) is 0 Å². The summed E-state index contributed by atoms with van der Waals surface area (Å²) in [5, 5.41) is 0. The van der Waals surface area contributed by atoms with E-state index in [4.69, 9.17) is 10.5 Å². The van der Waals surface area contributed by atoms with Crippen LogP contribution < -0.4 is 10.5 Å². The summed E-state index contributed by atoms with van der Waals surface area (Å²) in [5.74, 6) is 1.00. The molecule has 2 nitrogen and oxygen atoms in total. The summed E-state index contributed by atoms with van der Waals surface area (Å²) in [4.78, 5) is 0. The molecule has 0 heterocycles. The molecule has 102 valence electrons. The Balaban J connectivity index is 2.94. The van der Waals surface area contributed by atoms with Gasteiger partial charge in [0.1, 0.15) is 5.75 Å². The molecular formula is C16H27NO. The van der Waals surface area contributed by atoms with Gasteiger partial charge < -0.3 is 10.5 Å². The SMILES string of the molecule is CCC(C)(C)c1ccc(OC)c(CCCCN)c1.